The van der Waals surface area contributed by atoms with Crippen molar-refractivity contribution in [3.8, 4) is 0 Å². The van der Waals surface area contributed by atoms with Crippen LogP contribution in [-0.4, -0.2) is 5.11 Å². The molecule has 0 saturated heterocycles. The Morgan fingerprint density at radius 2 is 2.20 bits per heavy atom. The summed E-state index contributed by atoms with van der Waals surface area (Å²) in [5.41, 5.74) is 2.05. The Morgan fingerprint density at radius 3 is 2.70 bits per heavy atom. The van der Waals surface area contributed by atoms with Crippen LogP contribution in [-0.2, 0) is 6.61 Å². The molecule has 2 heteroatoms. The van der Waals surface area contributed by atoms with E-state index >= 15 is 0 Å². The van der Waals surface area contributed by atoms with Crippen LogP contribution in [0.4, 0.5) is 0 Å². The molecule has 0 bridgehead atoms. The summed E-state index contributed by atoms with van der Waals surface area (Å²) in [6.45, 7) is 2.06. The highest BCUT2D eigenvalue weighted by molar-refractivity contribution is 7.80. The van der Waals surface area contributed by atoms with Crippen molar-refractivity contribution >= 4 is 12.6 Å². The Hall–Kier alpha value is -0.470. The van der Waals surface area contributed by atoms with Gasteiger partial charge in [0, 0.05) is 4.90 Å². The average Bonchev–Trinajstić information content (AvgIpc) is 1.94. The number of hydrogen-bond acceptors (Lipinski definition) is 2. The molecule has 1 nitrogen and oxygen atoms in total. The molecule has 0 atom stereocenters. The highest BCUT2D eigenvalue weighted by Crippen LogP contribution is 2.14. The summed E-state index contributed by atoms with van der Waals surface area (Å²) in [5, 5.41) is 8.79. The van der Waals surface area contributed by atoms with Gasteiger partial charge in [-0.3, -0.25) is 0 Å². The highest BCUT2D eigenvalue weighted by Gasteiger charge is 1.95. The fourth-order valence-electron chi connectivity index (χ4n) is 0.841. The minimum absolute atomic E-state index is 0.0700. The lowest BCUT2D eigenvalue weighted by atomic mass is 10.1. The van der Waals surface area contributed by atoms with Crippen LogP contribution in [0.3, 0.4) is 0 Å². The van der Waals surface area contributed by atoms with Crippen molar-refractivity contribution in [3.63, 3.8) is 0 Å². The lowest BCUT2D eigenvalue weighted by Gasteiger charge is -2.00. The molecule has 1 aromatic carbocycles. The van der Waals surface area contributed by atoms with E-state index in [0.29, 0.717) is 0 Å². The zero-order valence-electron chi connectivity index (χ0n) is 5.83. The first kappa shape index (κ1) is 7.63. The van der Waals surface area contributed by atoms with Gasteiger partial charge in [0.2, 0.25) is 0 Å². The molecule has 0 aliphatic rings. The van der Waals surface area contributed by atoms with E-state index in [1.165, 1.54) is 0 Å². The monoisotopic (exact) mass is 154 g/mol. The normalized spacial score (nSPS) is 9.90. The van der Waals surface area contributed by atoms with Crippen LogP contribution in [0.5, 0.6) is 0 Å². The third-order valence-electron chi connectivity index (χ3n) is 1.41. The first-order chi connectivity index (χ1) is 4.74. The molecule has 0 fully saturated rings. The van der Waals surface area contributed by atoms with E-state index in [9.17, 15) is 0 Å². The van der Waals surface area contributed by atoms with Gasteiger partial charge in [0.25, 0.3) is 0 Å². The van der Waals surface area contributed by atoms with Gasteiger partial charge in [-0.25, -0.2) is 0 Å². The molecule has 0 saturated carbocycles. The minimum Gasteiger partial charge on any atom is -0.392 e. The molecule has 1 aromatic rings. The third-order valence-corrected chi connectivity index (χ3v) is 1.84. The van der Waals surface area contributed by atoms with E-state index in [4.69, 9.17) is 5.11 Å². The smallest absolute Gasteiger partial charge is 0.0692 e. The predicted octanol–water partition coefficient (Wildman–Crippen LogP) is 1.78. The lowest BCUT2D eigenvalue weighted by molar-refractivity contribution is 0.279. The van der Waals surface area contributed by atoms with E-state index in [0.717, 1.165) is 16.0 Å². The van der Waals surface area contributed by atoms with Gasteiger partial charge >= 0.3 is 0 Å². The topological polar surface area (TPSA) is 20.2 Å². The van der Waals surface area contributed by atoms with Crippen LogP contribution in [0, 0.1) is 6.92 Å². The van der Waals surface area contributed by atoms with Gasteiger partial charge in [-0.15, -0.1) is 12.6 Å². The highest BCUT2D eigenvalue weighted by atomic mass is 32.1. The molecule has 0 heterocycles. The van der Waals surface area contributed by atoms with E-state index in [1.54, 1.807) is 0 Å². The number of thiol groups is 1. The average molecular weight is 154 g/mol. The van der Waals surface area contributed by atoms with Crippen molar-refractivity contribution in [1.29, 1.82) is 0 Å². The number of rotatable bonds is 1. The van der Waals surface area contributed by atoms with Crippen LogP contribution in [0.1, 0.15) is 11.1 Å². The molecule has 0 unspecified atom stereocenters. The zero-order chi connectivity index (χ0) is 7.56. The Morgan fingerprint density at radius 1 is 1.50 bits per heavy atom. The Balaban J connectivity index is 3.09. The SMILES string of the molecule is Cc1ccc(S)c(CO)c1. The van der Waals surface area contributed by atoms with Crippen molar-refractivity contribution in [2.24, 2.45) is 0 Å². The summed E-state index contributed by atoms with van der Waals surface area (Å²) in [4.78, 5) is 0.855. The number of aryl methyl sites for hydroxylation is 1. The van der Waals surface area contributed by atoms with Gasteiger partial charge in [-0.2, -0.15) is 0 Å². The van der Waals surface area contributed by atoms with Crippen molar-refractivity contribution in [2.45, 2.75) is 18.4 Å². The molecular formula is C8H10OS. The van der Waals surface area contributed by atoms with E-state index in [1.807, 2.05) is 25.1 Å². The fraction of sp³-hybridized carbons (Fsp3) is 0.250. The second-order valence-electron chi connectivity index (χ2n) is 2.29. The number of aliphatic hydroxyl groups excluding tert-OH is 1. The predicted molar refractivity (Wildman–Crippen MR) is 44.4 cm³/mol. The Labute approximate surface area is 66.1 Å². The van der Waals surface area contributed by atoms with Crippen molar-refractivity contribution in [2.75, 3.05) is 0 Å². The van der Waals surface area contributed by atoms with Crippen molar-refractivity contribution in [1.82, 2.24) is 0 Å². The minimum atomic E-state index is 0.0700. The van der Waals surface area contributed by atoms with Gasteiger partial charge in [0.05, 0.1) is 6.61 Å². The molecule has 0 radical (unpaired) electrons. The van der Waals surface area contributed by atoms with E-state index in [2.05, 4.69) is 12.6 Å². The van der Waals surface area contributed by atoms with Crippen LogP contribution in [0.15, 0.2) is 23.1 Å². The number of aliphatic hydroxyl groups is 1. The van der Waals surface area contributed by atoms with Crippen LogP contribution in [0.2, 0.25) is 0 Å². The largest absolute Gasteiger partial charge is 0.392 e. The van der Waals surface area contributed by atoms with E-state index < -0.39 is 0 Å². The maximum absolute atomic E-state index is 8.79. The van der Waals surface area contributed by atoms with Gasteiger partial charge in [0.1, 0.15) is 0 Å². The van der Waals surface area contributed by atoms with Gasteiger partial charge in [0.15, 0.2) is 0 Å². The zero-order valence-corrected chi connectivity index (χ0v) is 6.73. The third kappa shape index (κ3) is 1.52. The van der Waals surface area contributed by atoms with Gasteiger partial charge < -0.3 is 5.11 Å². The second-order valence-corrected chi connectivity index (χ2v) is 2.77. The lowest BCUT2D eigenvalue weighted by Crippen LogP contribution is -1.85. The molecule has 54 valence electrons. The number of benzene rings is 1. The van der Waals surface area contributed by atoms with Crippen LogP contribution >= 0.6 is 12.6 Å². The van der Waals surface area contributed by atoms with Crippen molar-refractivity contribution in [3.05, 3.63) is 29.3 Å². The molecule has 0 aromatic heterocycles. The Bertz CT molecular complexity index is 233. The van der Waals surface area contributed by atoms with Gasteiger partial charge in [-0.1, -0.05) is 17.7 Å². The molecule has 10 heavy (non-hydrogen) atoms. The Kier molecular flexibility index (Phi) is 2.35. The van der Waals surface area contributed by atoms with E-state index in [-0.39, 0.29) is 6.61 Å². The maximum Gasteiger partial charge on any atom is 0.0692 e. The molecule has 0 spiro atoms. The molecule has 1 N–H and O–H groups in total. The fourth-order valence-corrected chi connectivity index (χ4v) is 1.05. The molecule has 0 amide bonds. The van der Waals surface area contributed by atoms with Crippen LogP contribution in [0.25, 0.3) is 0 Å². The summed E-state index contributed by atoms with van der Waals surface area (Å²) < 4.78 is 0. The number of hydrogen-bond donors (Lipinski definition) is 2. The summed E-state index contributed by atoms with van der Waals surface area (Å²) >= 11 is 4.17. The summed E-state index contributed by atoms with van der Waals surface area (Å²) in [6.07, 6.45) is 0. The van der Waals surface area contributed by atoms with Crippen LogP contribution < -0.4 is 0 Å². The first-order valence-electron chi connectivity index (χ1n) is 3.13. The van der Waals surface area contributed by atoms with Gasteiger partial charge in [-0.05, 0) is 18.6 Å². The van der Waals surface area contributed by atoms with Crippen molar-refractivity contribution < 1.29 is 5.11 Å². The maximum atomic E-state index is 8.79. The summed E-state index contributed by atoms with van der Waals surface area (Å²) in [5.74, 6) is 0. The molecule has 0 aliphatic heterocycles. The standard InChI is InChI=1S/C8H10OS/c1-6-2-3-8(10)7(4-6)5-9/h2-4,9-10H,5H2,1H3. The summed E-state index contributed by atoms with van der Waals surface area (Å²) in [7, 11) is 0. The molecular weight excluding hydrogens is 144 g/mol. The molecule has 1 rings (SSSR count). The first-order valence-corrected chi connectivity index (χ1v) is 3.58. The second kappa shape index (κ2) is 3.08. The molecule has 0 aliphatic carbocycles. The summed E-state index contributed by atoms with van der Waals surface area (Å²) in [6, 6.07) is 5.80. The quantitative estimate of drug-likeness (QED) is 0.591.